The van der Waals surface area contributed by atoms with Crippen LogP contribution in [0, 0.1) is 5.92 Å². The number of fused-ring (bicyclic) bond motifs is 1. The summed E-state index contributed by atoms with van der Waals surface area (Å²) in [5.74, 6) is 0.818. The molecule has 0 atom stereocenters. The topological polar surface area (TPSA) is 38.0 Å². The van der Waals surface area contributed by atoms with Gasteiger partial charge in [-0.3, -0.25) is 0 Å². The third-order valence-electron chi connectivity index (χ3n) is 4.58. The summed E-state index contributed by atoms with van der Waals surface area (Å²) in [4.78, 5) is 0. The minimum atomic E-state index is 0.459. The van der Waals surface area contributed by atoms with Gasteiger partial charge in [0.05, 0.1) is 0 Å². The van der Waals surface area contributed by atoms with Crippen LogP contribution in [0.15, 0.2) is 18.2 Å². The molecule has 1 aromatic carbocycles. The molecule has 1 aromatic rings. The van der Waals surface area contributed by atoms with Crippen LogP contribution in [0.3, 0.4) is 0 Å². The molecule has 1 saturated carbocycles. The Balaban J connectivity index is 1.54. The highest BCUT2D eigenvalue weighted by molar-refractivity contribution is 5.50. The Hall–Kier alpha value is -1.02. The number of benzene rings is 1. The summed E-state index contributed by atoms with van der Waals surface area (Å²) in [7, 11) is 0. The Morgan fingerprint density at radius 3 is 2.67 bits per heavy atom. The van der Waals surface area contributed by atoms with Crippen molar-refractivity contribution < 1.29 is 0 Å². The molecule has 2 aliphatic rings. The standard InChI is InChI=1S/C16H24N2/c17-15-7-4-12(5-8-15)11-18-16-9-6-13-2-1-3-14(13)10-16/h6,9-10,12,15,18H,1-5,7-8,11,17H2/t12-,15+. The lowest BCUT2D eigenvalue weighted by Gasteiger charge is -2.26. The molecule has 0 amide bonds. The van der Waals surface area contributed by atoms with E-state index in [-0.39, 0.29) is 0 Å². The zero-order valence-electron chi connectivity index (χ0n) is 11.1. The third kappa shape index (κ3) is 2.69. The van der Waals surface area contributed by atoms with E-state index in [9.17, 15) is 0 Å². The zero-order valence-corrected chi connectivity index (χ0v) is 11.1. The first-order valence-electron chi connectivity index (χ1n) is 7.42. The van der Waals surface area contributed by atoms with Crippen molar-refractivity contribution in [1.82, 2.24) is 0 Å². The SMILES string of the molecule is N[C@H]1CC[C@@H](CNc2ccc3c(c2)CCC3)CC1. The van der Waals surface area contributed by atoms with Crippen molar-refractivity contribution in [2.24, 2.45) is 11.7 Å². The fourth-order valence-electron chi connectivity index (χ4n) is 3.34. The van der Waals surface area contributed by atoms with Gasteiger partial charge in [0.2, 0.25) is 0 Å². The first-order chi connectivity index (χ1) is 8.81. The summed E-state index contributed by atoms with van der Waals surface area (Å²) in [5.41, 5.74) is 10.4. The molecule has 0 radical (unpaired) electrons. The number of nitrogens with one attached hydrogen (secondary N) is 1. The van der Waals surface area contributed by atoms with Crippen LogP contribution in [0.25, 0.3) is 0 Å². The van der Waals surface area contributed by atoms with Crippen molar-refractivity contribution in [2.75, 3.05) is 11.9 Å². The molecule has 2 aliphatic carbocycles. The van der Waals surface area contributed by atoms with Crippen LogP contribution in [-0.4, -0.2) is 12.6 Å². The van der Waals surface area contributed by atoms with E-state index in [1.165, 1.54) is 50.6 Å². The molecular formula is C16H24N2. The monoisotopic (exact) mass is 244 g/mol. The summed E-state index contributed by atoms with van der Waals surface area (Å²) in [5, 5.41) is 3.62. The van der Waals surface area contributed by atoms with Gasteiger partial charge in [-0.2, -0.15) is 0 Å². The maximum atomic E-state index is 5.95. The van der Waals surface area contributed by atoms with Gasteiger partial charge in [-0.1, -0.05) is 6.07 Å². The van der Waals surface area contributed by atoms with Crippen molar-refractivity contribution in [3.63, 3.8) is 0 Å². The lowest BCUT2D eigenvalue weighted by Crippen LogP contribution is -2.29. The van der Waals surface area contributed by atoms with E-state index in [1.54, 1.807) is 11.1 Å². The second-order valence-corrected chi connectivity index (χ2v) is 6.00. The van der Waals surface area contributed by atoms with Gasteiger partial charge in [0.1, 0.15) is 0 Å². The largest absolute Gasteiger partial charge is 0.385 e. The lowest BCUT2D eigenvalue weighted by molar-refractivity contribution is 0.339. The van der Waals surface area contributed by atoms with Crippen LogP contribution in [0.5, 0.6) is 0 Å². The third-order valence-corrected chi connectivity index (χ3v) is 4.58. The van der Waals surface area contributed by atoms with Gasteiger partial charge in [-0.05, 0) is 74.1 Å². The maximum absolute atomic E-state index is 5.95. The Morgan fingerprint density at radius 2 is 1.83 bits per heavy atom. The van der Waals surface area contributed by atoms with E-state index < -0.39 is 0 Å². The van der Waals surface area contributed by atoms with Crippen molar-refractivity contribution in [1.29, 1.82) is 0 Å². The maximum Gasteiger partial charge on any atom is 0.0343 e. The summed E-state index contributed by atoms with van der Waals surface area (Å²) < 4.78 is 0. The van der Waals surface area contributed by atoms with Gasteiger partial charge in [0.15, 0.2) is 0 Å². The van der Waals surface area contributed by atoms with E-state index in [2.05, 4.69) is 23.5 Å². The molecule has 0 aromatic heterocycles. The summed E-state index contributed by atoms with van der Waals surface area (Å²) >= 11 is 0. The first kappa shape index (κ1) is 12.0. The lowest BCUT2D eigenvalue weighted by atomic mass is 9.86. The molecule has 98 valence electrons. The number of nitrogens with two attached hydrogens (primary N) is 1. The Bertz CT molecular complexity index is 406. The Labute approximate surface area is 110 Å². The highest BCUT2D eigenvalue weighted by Gasteiger charge is 2.18. The van der Waals surface area contributed by atoms with Gasteiger partial charge >= 0.3 is 0 Å². The van der Waals surface area contributed by atoms with Crippen LogP contribution in [-0.2, 0) is 12.8 Å². The quantitative estimate of drug-likeness (QED) is 0.857. The van der Waals surface area contributed by atoms with Crippen LogP contribution < -0.4 is 11.1 Å². The molecule has 18 heavy (non-hydrogen) atoms. The number of hydrogen-bond acceptors (Lipinski definition) is 2. The van der Waals surface area contributed by atoms with Gasteiger partial charge in [-0.15, -0.1) is 0 Å². The molecule has 2 nitrogen and oxygen atoms in total. The number of hydrogen-bond donors (Lipinski definition) is 2. The van der Waals surface area contributed by atoms with Gasteiger partial charge in [0, 0.05) is 18.3 Å². The first-order valence-corrected chi connectivity index (χ1v) is 7.42. The smallest absolute Gasteiger partial charge is 0.0343 e. The number of rotatable bonds is 3. The van der Waals surface area contributed by atoms with Gasteiger partial charge in [0.25, 0.3) is 0 Å². The Kier molecular flexibility index (Phi) is 3.55. The fraction of sp³-hybridized carbons (Fsp3) is 0.625. The Morgan fingerprint density at radius 1 is 1.06 bits per heavy atom. The molecule has 0 heterocycles. The predicted octanol–water partition coefficient (Wildman–Crippen LogP) is 3.10. The second kappa shape index (κ2) is 5.31. The minimum absolute atomic E-state index is 0.459. The normalized spacial score (nSPS) is 26.9. The summed E-state index contributed by atoms with van der Waals surface area (Å²) in [6, 6.07) is 7.37. The van der Waals surface area contributed by atoms with Gasteiger partial charge in [-0.25, -0.2) is 0 Å². The molecule has 2 heteroatoms. The molecule has 0 saturated heterocycles. The van der Waals surface area contributed by atoms with Crippen LogP contribution >= 0.6 is 0 Å². The molecule has 0 aliphatic heterocycles. The second-order valence-electron chi connectivity index (χ2n) is 6.00. The molecule has 0 bridgehead atoms. The minimum Gasteiger partial charge on any atom is -0.385 e. The molecule has 0 spiro atoms. The van der Waals surface area contributed by atoms with E-state index in [1.807, 2.05) is 0 Å². The van der Waals surface area contributed by atoms with Crippen LogP contribution in [0.4, 0.5) is 5.69 Å². The van der Waals surface area contributed by atoms with Crippen LogP contribution in [0.2, 0.25) is 0 Å². The van der Waals surface area contributed by atoms with E-state index in [4.69, 9.17) is 5.73 Å². The number of anilines is 1. The fourth-order valence-corrected chi connectivity index (χ4v) is 3.34. The molecule has 0 unspecified atom stereocenters. The summed E-state index contributed by atoms with van der Waals surface area (Å²) in [6.07, 6.45) is 8.86. The zero-order chi connectivity index (χ0) is 12.4. The van der Waals surface area contributed by atoms with E-state index in [0.717, 1.165) is 12.5 Å². The summed E-state index contributed by atoms with van der Waals surface area (Å²) in [6.45, 7) is 1.12. The average Bonchev–Trinajstić information content (AvgIpc) is 2.85. The molecule has 1 fully saturated rings. The van der Waals surface area contributed by atoms with Gasteiger partial charge < -0.3 is 11.1 Å². The molecule has 3 rings (SSSR count). The molecular weight excluding hydrogens is 220 g/mol. The highest BCUT2D eigenvalue weighted by atomic mass is 14.9. The molecule has 3 N–H and O–H groups in total. The van der Waals surface area contributed by atoms with Crippen molar-refractivity contribution in [2.45, 2.75) is 51.0 Å². The average molecular weight is 244 g/mol. The predicted molar refractivity (Wildman–Crippen MR) is 76.9 cm³/mol. The highest BCUT2D eigenvalue weighted by Crippen LogP contribution is 2.26. The van der Waals surface area contributed by atoms with Crippen molar-refractivity contribution in [3.8, 4) is 0 Å². The van der Waals surface area contributed by atoms with E-state index in [0.29, 0.717) is 6.04 Å². The van der Waals surface area contributed by atoms with Crippen LogP contribution in [0.1, 0.15) is 43.2 Å². The number of aryl methyl sites for hydroxylation is 2. The van der Waals surface area contributed by atoms with E-state index >= 15 is 0 Å². The van der Waals surface area contributed by atoms with Crippen molar-refractivity contribution in [3.05, 3.63) is 29.3 Å². The van der Waals surface area contributed by atoms with Crippen molar-refractivity contribution >= 4 is 5.69 Å².